The zero-order chi connectivity index (χ0) is 20.4. The Morgan fingerprint density at radius 2 is 1.14 bits per heavy atom. The first-order valence-electron chi connectivity index (χ1n) is 9.14. The van der Waals surface area contributed by atoms with Gasteiger partial charge < -0.3 is 4.74 Å². The average Bonchev–Trinajstić information content (AvgIpc) is 2.62. The second-order valence-electron chi connectivity index (χ2n) is 7.90. The molecular weight excluding hydrogens is 377 g/mol. The van der Waals surface area contributed by atoms with E-state index in [1.54, 1.807) is 12.1 Å². The molecule has 0 bridgehead atoms. The quantitative estimate of drug-likeness (QED) is 0.410. The first-order valence-corrected chi connectivity index (χ1v) is 12.7. The maximum absolute atomic E-state index is 12.3. The monoisotopic (exact) mass is 400 g/mol. The van der Waals surface area contributed by atoms with E-state index in [1.165, 1.54) is 23.3 Å². The fourth-order valence-electron chi connectivity index (χ4n) is 3.56. The predicted molar refractivity (Wildman–Crippen MR) is 110 cm³/mol. The molecule has 0 spiro atoms. The van der Waals surface area contributed by atoms with Crippen molar-refractivity contribution in [1.29, 1.82) is 0 Å². The summed E-state index contributed by atoms with van der Waals surface area (Å²) in [6.45, 7) is 7.08. The molecule has 5 heteroatoms. The molecule has 1 nitrogen and oxygen atoms in total. The predicted octanol–water partition coefficient (Wildman–Crippen LogP) is 7.26. The van der Waals surface area contributed by atoms with Crippen molar-refractivity contribution in [2.75, 3.05) is 0 Å². The van der Waals surface area contributed by atoms with Gasteiger partial charge in [-0.25, -0.2) is 0 Å². The maximum Gasteiger partial charge on any atom is 0.573 e. The smallest absolute Gasteiger partial charge is 0.406 e. The van der Waals surface area contributed by atoms with Gasteiger partial charge in [0.1, 0.15) is 5.75 Å². The van der Waals surface area contributed by atoms with E-state index in [9.17, 15) is 13.2 Å². The normalized spacial score (nSPS) is 13.2. The number of hydrogen-bond donors (Lipinski definition) is 0. The Bertz CT molecular complexity index is 896. The summed E-state index contributed by atoms with van der Waals surface area (Å²) in [6.07, 6.45) is -4.67. The van der Waals surface area contributed by atoms with E-state index >= 15 is 0 Å². The molecule has 146 valence electrons. The summed E-state index contributed by atoms with van der Waals surface area (Å²) in [5.74, 6) is -0.212. The van der Waals surface area contributed by atoms with Crippen molar-refractivity contribution in [1.82, 2.24) is 0 Å². The van der Waals surface area contributed by atoms with Gasteiger partial charge in [0, 0.05) is 5.54 Å². The number of benzene rings is 3. The van der Waals surface area contributed by atoms with Crippen LogP contribution in [0.5, 0.6) is 5.75 Å². The number of rotatable bonds is 5. The fraction of sp³-hybridized carbons (Fsp3) is 0.217. The minimum Gasteiger partial charge on any atom is -0.406 e. The Kier molecular flexibility index (Phi) is 5.66. The number of halogens is 3. The molecule has 0 amide bonds. The molecule has 0 aliphatic heterocycles. The Hall–Kier alpha value is -2.53. The Labute approximate surface area is 164 Å². The van der Waals surface area contributed by atoms with Gasteiger partial charge in [-0.2, -0.15) is 0 Å². The zero-order valence-electron chi connectivity index (χ0n) is 16.1. The molecule has 1 unspecified atom stereocenters. The Balaban J connectivity index is 1.86. The van der Waals surface area contributed by atoms with Gasteiger partial charge in [0.15, 0.2) is 0 Å². The van der Waals surface area contributed by atoms with Crippen molar-refractivity contribution < 1.29 is 17.9 Å². The van der Waals surface area contributed by atoms with Crippen molar-refractivity contribution in [3.63, 3.8) is 0 Å². The van der Waals surface area contributed by atoms with Gasteiger partial charge in [-0.1, -0.05) is 86.4 Å². The molecule has 3 aromatic carbocycles. The van der Waals surface area contributed by atoms with Crippen LogP contribution in [0.2, 0.25) is 19.6 Å². The van der Waals surface area contributed by atoms with Crippen LogP contribution in [0.25, 0.3) is 11.1 Å². The van der Waals surface area contributed by atoms with Crippen LogP contribution in [0.15, 0.2) is 78.9 Å². The van der Waals surface area contributed by atoms with Crippen LogP contribution in [0.3, 0.4) is 0 Å². The molecule has 0 fully saturated rings. The Morgan fingerprint density at radius 1 is 0.679 bits per heavy atom. The van der Waals surface area contributed by atoms with Gasteiger partial charge >= 0.3 is 6.36 Å². The third-order valence-electron chi connectivity index (χ3n) is 4.66. The molecule has 0 saturated carbocycles. The standard InChI is InChI=1S/C23H23F3OSi/c1-28(2,3)22(19-7-5-4-6-8-19)20-11-9-17(10-12-20)18-13-15-21(16-14-18)27-23(24,25)26/h4-16,22H,1-3H3. The van der Waals surface area contributed by atoms with E-state index in [2.05, 4.69) is 60.8 Å². The zero-order valence-corrected chi connectivity index (χ0v) is 17.1. The molecule has 0 radical (unpaired) electrons. The largest absolute Gasteiger partial charge is 0.573 e. The van der Waals surface area contributed by atoms with Gasteiger partial charge in [0.2, 0.25) is 0 Å². The van der Waals surface area contributed by atoms with E-state index < -0.39 is 14.4 Å². The summed E-state index contributed by atoms with van der Waals surface area (Å²) in [5.41, 5.74) is 4.79. The summed E-state index contributed by atoms with van der Waals surface area (Å²) >= 11 is 0. The molecule has 28 heavy (non-hydrogen) atoms. The van der Waals surface area contributed by atoms with Crippen LogP contribution >= 0.6 is 0 Å². The molecule has 0 heterocycles. The Morgan fingerprint density at radius 3 is 1.61 bits per heavy atom. The highest BCUT2D eigenvalue weighted by atomic mass is 28.3. The van der Waals surface area contributed by atoms with Gasteiger partial charge in [-0.15, -0.1) is 13.2 Å². The van der Waals surface area contributed by atoms with Crippen LogP contribution in [-0.2, 0) is 0 Å². The van der Waals surface area contributed by atoms with E-state index in [-0.39, 0.29) is 5.75 Å². The minimum absolute atomic E-state index is 0.212. The van der Waals surface area contributed by atoms with Gasteiger partial charge in [0.05, 0.1) is 8.07 Å². The topological polar surface area (TPSA) is 9.23 Å². The highest BCUT2D eigenvalue weighted by Gasteiger charge is 2.31. The molecule has 3 rings (SSSR count). The van der Waals surface area contributed by atoms with E-state index in [0.29, 0.717) is 5.54 Å². The van der Waals surface area contributed by atoms with E-state index in [4.69, 9.17) is 0 Å². The lowest BCUT2D eigenvalue weighted by atomic mass is 10.00. The van der Waals surface area contributed by atoms with Crippen molar-refractivity contribution >= 4 is 8.07 Å². The number of hydrogen-bond acceptors (Lipinski definition) is 1. The first kappa shape index (κ1) is 20.2. The van der Waals surface area contributed by atoms with Crippen LogP contribution in [0, 0.1) is 0 Å². The van der Waals surface area contributed by atoms with Gasteiger partial charge in [-0.05, 0) is 34.4 Å². The third-order valence-corrected chi connectivity index (χ3v) is 7.06. The van der Waals surface area contributed by atoms with E-state index in [0.717, 1.165) is 11.1 Å². The van der Waals surface area contributed by atoms with Crippen LogP contribution in [-0.4, -0.2) is 14.4 Å². The molecule has 0 saturated heterocycles. The summed E-state index contributed by atoms with van der Waals surface area (Å²) in [4.78, 5) is 0. The summed E-state index contributed by atoms with van der Waals surface area (Å²) in [7, 11) is -1.52. The molecule has 0 aliphatic rings. The van der Waals surface area contributed by atoms with Gasteiger partial charge in [0.25, 0.3) is 0 Å². The summed E-state index contributed by atoms with van der Waals surface area (Å²) in [6, 6.07) is 24.8. The second-order valence-corrected chi connectivity index (χ2v) is 13.2. The SMILES string of the molecule is C[Si](C)(C)C(c1ccccc1)c1ccc(-c2ccc(OC(F)(F)F)cc2)cc1. The summed E-state index contributed by atoms with van der Waals surface area (Å²) < 4.78 is 40.8. The second kappa shape index (κ2) is 7.84. The first-order chi connectivity index (χ1) is 13.1. The van der Waals surface area contributed by atoms with Gasteiger partial charge in [-0.3, -0.25) is 0 Å². The van der Waals surface area contributed by atoms with Crippen LogP contribution in [0.1, 0.15) is 16.7 Å². The van der Waals surface area contributed by atoms with Crippen LogP contribution in [0.4, 0.5) is 13.2 Å². The third kappa shape index (κ3) is 5.04. The molecule has 3 aromatic rings. The number of alkyl halides is 3. The highest BCUT2D eigenvalue weighted by molar-refractivity contribution is 6.78. The molecule has 1 atom stereocenters. The molecule has 0 aromatic heterocycles. The maximum atomic E-state index is 12.3. The van der Waals surface area contributed by atoms with Crippen molar-refractivity contribution in [3.8, 4) is 16.9 Å². The molecule has 0 aliphatic carbocycles. The lowest BCUT2D eigenvalue weighted by Crippen LogP contribution is -2.31. The summed E-state index contributed by atoms with van der Waals surface area (Å²) in [5, 5.41) is 0. The van der Waals surface area contributed by atoms with Crippen molar-refractivity contribution in [3.05, 3.63) is 90.0 Å². The van der Waals surface area contributed by atoms with Crippen LogP contribution < -0.4 is 4.74 Å². The fourth-order valence-corrected chi connectivity index (χ4v) is 5.94. The minimum atomic E-state index is -4.67. The lowest BCUT2D eigenvalue weighted by Gasteiger charge is -2.30. The van der Waals surface area contributed by atoms with Crippen molar-refractivity contribution in [2.45, 2.75) is 31.5 Å². The lowest BCUT2D eigenvalue weighted by molar-refractivity contribution is -0.274. The number of ether oxygens (including phenoxy) is 1. The highest BCUT2D eigenvalue weighted by Crippen LogP contribution is 2.35. The molecule has 0 N–H and O–H groups in total. The molecular formula is C23H23F3OSi. The average molecular weight is 401 g/mol. The van der Waals surface area contributed by atoms with E-state index in [1.807, 2.05) is 18.2 Å². The van der Waals surface area contributed by atoms with Crippen molar-refractivity contribution in [2.24, 2.45) is 0 Å².